The van der Waals surface area contributed by atoms with E-state index in [4.69, 9.17) is 0 Å². The summed E-state index contributed by atoms with van der Waals surface area (Å²) in [5, 5.41) is 3.73. The molecule has 5 atom stereocenters. The number of ketones is 1. The highest BCUT2D eigenvalue weighted by Gasteiger charge is 2.38. The van der Waals surface area contributed by atoms with E-state index < -0.39 is 0 Å². The van der Waals surface area contributed by atoms with Crippen LogP contribution >= 0.6 is 0 Å². The fraction of sp³-hybridized carbons (Fsp3) is 0.944. The van der Waals surface area contributed by atoms with Crippen molar-refractivity contribution in [3.8, 4) is 0 Å². The summed E-state index contributed by atoms with van der Waals surface area (Å²) in [6.07, 6.45) is 11.4. The predicted octanol–water partition coefficient (Wildman–Crippen LogP) is 3.94. The lowest BCUT2D eigenvalue weighted by Crippen LogP contribution is -2.53. The Morgan fingerprint density at radius 1 is 0.900 bits per heavy atom. The fourth-order valence-electron chi connectivity index (χ4n) is 5.18. The Balaban J connectivity index is 1.59. The van der Waals surface area contributed by atoms with Crippen molar-refractivity contribution < 1.29 is 4.79 Å². The van der Waals surface area contributed by atoms with Crippen LogP contribution in [0.2, 0.25) is 0 Å². The molecule has 3 fully saturated rings. The van der Waals surface area contributed by atoms with Crippen LogP contribution in [0, 0.1) is 23.7 Å². The summed E-state index contributed by atoms with van der Waals surface area (Å²) in [4.78, 5) is 12.9. The first-order valence-corrected chi connectivity index (χ1v) is 8.93. The molecule has 0 aromatic carbocycles. The van der Waals surface area contributed by atoms with E-state index in [0.717, 1.165) is 37.0 Å². The van der Waals surface area contributed by atoms with Gasteiger partial charge in [-0.3, -0.25) is 4.79 Å². The van der Waals surface area contributed by atoms with Crippen molar-refractivity contribution in [3.63, 3.8) is 0 Å². The van der Waals surface area contributed by atoms with Crippen LogP contribution in [0.5, 0.6) is 0 Å². The summed E-state index contributed by atoms with van der Waals surface area (Å²) >= 11 is 0. The quantitative estimate of drug-likeness (QED) is 0.828. The van der Waals surface area contributed by atoms with Gasteiger partial charge in [0.2, 0.25) is 0 Å². The molecule has 1 N–H and O–H groups in total. The molecule has 20 heavy (non-hydrogen) atoms. The minimum Gasteiger partial charge on any atom is -0.304 e. The summed E-state index contributed by atoms with van der Waals surface area (Å²) < 4.78 is 0. The molecule has 114 valence electrons. The molecule has 2 aliphatic carbocycles. The highest BCUT2D eigenvalue weighted by atomic mass is 16.1. The molecule has 2 saturated carbocycles. The van der Waals surface area contributed by atoms with Crippen molar-refractivity contribution in [1.29, 1.82) is 0 Å². The molecule has 0 aromatic rings. The summed E-state index contributed by atoms with van der Waals surface area (Å²) in [5.41, 5.74) is 0. The Morgan fingerprint density at radius 3 is 2.35 bits per heavy atom. The van der Waals surface area contributed by atoms with Crippen molar-refractivity contribution in [2.75, 3.05) is 0 Å². The van der Waals surface area contributed by atoms with Crippen LogP contribution < -0.4 is 5.32 Å². The Bertz CT molecular complexity index is 343. The third kappa shape index (κ3) is 3.10. The molecular formula is C18H31NO. The zero-order chi connectivity index (χ0) is 14.1. The first-order valence-electron chi connectivity index (χ1n) is 8.93. The smallest absolute Gasteiger partial charge is 0.152 e. The molecule has 3 rings (SSSR count). The van der Waals surface area contributed by atoms with Gasteiger partial charge in [0.1, 0.15) is 0 Å². The molecule has 0 spiro atoms. The van der Waals surface area contributed by atoms with Crippen LogP contribution in [0.1, 0.15) is 71.6 Å². The molecule has 0 bridgehead atoms. The Morgan fingerprint density at radius 2 is 1.60 bits per heavy atom. The SMILES string of the molecule is CC1CC(C)CC(C(=O)C2CCC3CCCCC3N2)C1. The second-order valence-electron chi connectivity index (χ2n) is 7.96. The van der Waals surface area contributed by atoms with Crippen molar-refractivity contribution in [2.45, 2.75) is 83.7 Å². The summed E-state index contributed by atoms with van der Waals surface area (Å²) in [7, 11) is 0. The van der Waals surface area contributed by atoms with E-state index in [9.17, 15) is 4.79 Å². The third-order valence-electron chi connectivity index (χ3n) is 6.07. The molecule has 2 nitrogen and oxygen atoms in total. The van der Waals surface area contributed by atoms with E-state index in [1.54, 1.807) is 0 Å². The van der Waals surface area contributed by atoms with Gasteiger partial charge in [0.05, 0.1) is 6.04 Å². The molecule has 1 saturated heterocycles. The van der Waals surface area contributed by atoms with Crippen LogP contribution in [0.4, 0.5) is 0 Å². The van der Waals surface area contributed by atoms with Crippen LogP contribution in [0.25, 0.3) is 0 Å². The molecule has 1 aliphatic heterocycles. The third-order valence-corrected chi connectivity index (χ3v) is 6.07. The standard InChI is InChI=1S/C18H31NO/c1-12-9-13(2)11-15(10-12)18(20)17-8-7-14-5-3-4-6-16(14)19-17/h12-17,19H,3-11H2,1-2H3. The van der Waals surface area contributed by atoms with Gasteiger partial charge in [-0.25, -0.2) is 0 Å². The zero-order valence-electron chi connectivity index (χ0n) is 13.2. The summed E-state index contributed by atoms with van der Waals surface area (Å²) in [6, 6.07) is 0.821. The second-order valence-corrected chi connectivity index (χ2v) is 7.96. The number of nitrogens with one attached hydrogen (secondary N) is 1. The first kappa shape index (κ1) is 14.6. The second kappa shape index (κ2) is 6.17. The molecular weight excluding hydrogens is 246 g/mol. The molecule has 0 amide bonds. The summed E-state index contributed by atoms with van der Waals surface area (Å²) in [6.45, 7) is 4.64. The number of hydrogen-bond acceptors (Lipinski definition) is 2. The van der Waals surface area contributed by atoms with Gasteiger partial charge in [-0.2, -0.15) is 0 Å². The van der Waals surface area contributed by atoms with E-state index in [0.29, 0.717) is 17.7 Å². The van der Waals surface area contributed by atoms with Crippen molar-refractivity contribution in [2.24, 2.45) is 23.7 Å². The lowest BCUT2D eigenvalue weighted by Gasteiger charge is -2.41. The van der Waals surface area contributed by atoms with E-state index in [1.807, 2.05) is 0 Å². The van der Waals surface area contributed by atoms with Crippen LogP contribution in [-0.2, 0) is 4.79 Å². The van der Waals surface area contributed by atoms with E-state index >= 15 is 0 Å². The number of Topliss-reactive ketones (excluding diaryl/α,β-unsaturated/α-hetero) is 1. The zero-order valence-corrected chi connectivity index (χ0v) is 13.2. The van der Waals surface area contributed by atoms with Crippen molar-refractivity contribution in [1.82, 2.24) is 5.32 Å². The van der Waals surface area contributed by atoms with Crippen molar-refractivity contribution >= 4 is 5.78 Å². The van der Waals surface area contributed by atoms with Gasteiger partial charge in [0.15, 0.2) is 5.78 Å². The lowest BCUT2D eigenvalue weighted by molar-refractivity contribution is -0.128. The van der Waals surface area contributed by atoms with Gasteiger partial charge in [0, 0.05) is 12.0 Å². The first-order chi connectivity index (χ1) is 9.63. The number of piperidine rings is 1. The molecule has 1 heterocycles. The Hall–Kier alpha value is -0.370. The summed E-state index contributed by atoms with van der Waals surface area (Å²) in [5.74, 6) is 3.22. The molecule has 5 unspecified atom stereocenters. The van der Waals surface area contributed by atoms with Gasteiger partial charge in [-0.1, -0.05) is 26.7 Å². The topological polar surface area (TPSA) is 29.1 Å². The van der Waals surface area contributed by atoms with Crippen LogP contribution in [0.3, 0.4) is 0 Å². The molecule has 2 heteroatoms. The van der Waals surface area contributed by atoms with Crippen LogP contribution in [-0.4, -0.2) is 17.9 Å². The van der Waals surface area contributed by atoms with Gasteiger partial charge in [-0.15, -0.1) is 0 Å². The van der Waals surface area contributed by atoms with E-state index in [2.05, 4.69) is 19.2 Å². The van der Waals surface area contributed by atoms with Crippen molar-refractivity contribution in [3.05, 3.63) is 0 Å². The fourth-order valence-corrected chi connectivity index (χ4v) is 5.18. The van der Waals surface area contributed by atoms with Crippen LogP contribution in [0.15, 0.2) is 0 Å². The average Bonchev–Trinajstić information content (AvgIpc) is 2.45. The Kier molecular flexibility index (Phi) is 4.49. The minimum atomic E-state index is 0.178. The number of fused-ring (bicyclic) bond motifs is 1. The van der Waals surface area contributed by atoms with Gasteiger partial charge in [0.25, 0.3) is 0 Å². The van der Waals surface area contributed by atoms with E-state index in [-0.39, 0.29) is 6.04 Å². The monoisotopic (exact) mass is 277 g/mol. The minimum absolute atomic E-state index is 0.178. The Labute approximate surface area is 124 Å². The molecule has 3 aliphatic rings. The maximum atomic E-state index is 12.9. The molecule has 0 aromatic heterocycles. The maximum Gasteiger partial charge on any atom is 0.152 e. The number of rotatable bonds is 2. The number of carbonyl (C=O) groups excluding carboxylic acids is 1. The maximum absolute atomic E-state index is 12.9. The lowest BCUT2D eigenvalue weighted by atomic mass is 9.71. The largest absolute Gasteiger partial charge is 0.304 e. The highest BCUT2D eigenvalue weighted by molar-refractivity contribution is 5.86. The molecule has 0 radical (unpaired) electrons. The van der Waals surface area contributed by atoms with Gasteiger partial charge >= 0.3 is 0 Å². The average molecular weight is 277 g/mol. The number of hydrogen-bond donors (Lipinski definition) is 1. The number of carbonyl (C=O) groups is 1. The van der Waals surface area contributed by atoms with Gasteiger partial charge in [-0.05, 0) is 62.7 Å². The predicted molar refractivity (Wildman–Crippen MR) is 82.6 cm³/mol. The normalized spacial score (nSPS) is 45.7. The van der Waals surface area contributed by atoms with Gasteiger partial charge < -0.3 is 5.32 Å². The van der Waals surface area contributed by atoms with E-state index in [1.165, 1.54) is 38.5 Å². The highest BCUT2D eigenvalue weighted by Crippen LogP contribution is 2.37.